The van der Waals surface area contributed by atoms with E-state index in [1.54, 1.807) is 30.3 Å². The number of carbonyl (C=O) groups is 2. The van der Waals surface area contributed by atoms with Crippen molar-refractivity contribution in [2.24, 2.45) is 5.92 Å². The Balaban J connectivity index is 1.36. The number of benzene rings is 2. The topological polar surface area (TPSA) is 61.4 Å². The molecule has 1 heterocycles. The zero-order chi connectivity index (χ0) is 20.4. The number of hydrogen-bond donors (Lipinski definition) is 2. The lowest BCUT2D eigenvalue weighted by atomic mass is 10.0. The van der Waals surface area contributed by atoms with Crippen molar-refractivity contribution in [2.75, 3.05) is 23.3 Å². The number of anilines is 2. The first-order valence-corrected chi connectivity index (χ1v) is 10.2. The number of nitrogens with one attached hydrogen (secondary N) is 2. The van der Waals surface area contributed by atoms with Crippen molar-refractivity contribution in [1.29, 1.82) is 0 Å². The molecule has 152 valence electrons. The second-order valence-corrected chi connectivity index (χ2v) is 8.05. The molecular weight excluding hydrogens is 369 g/mol. The van der Waals surface area contributed by atoms with Crippen molar-refractivity contribution < 1.29 is 14.0 Å². The summed E-state index contributed by atoms with van der Waals surface area (Å²) in [5.41, 5.74) is 2.87. The van der Waals surface area contributed by atoms with Crippen LogP contribution in [0.15, 0.2) is 42.5 Å². The molecule has 1 atom stereocenters. The summed E-state index contributed by atoms with van der Waals surface area (Å²) in [6.45, 7) is 3.31. The molecular formula is C23H26FN3O2. The molecule has 2 aromatic carbocycles. The minimum Gasteiger partial charge on any atom is -0.367 e. The third kappa shape index (κ3) is 4.75. The molecule has 5 nitrogen and oxygen atoms in total. The van der Waals surface area contributed by atoms with Crippen LogP contribution in [0.25, 0.3) is 0 Å². The van der Waals surface area contributed by atoms with Gasteiger partial charge >= 0.3 is 0 Å². The molecule has 1 aliphatic heterocycles. The molecule has 4 rings (SSSR count). The molecule has 0 spiro atoms. The molecule has 29 heavy (non-hydrogen) atoms. The van der Waals surface area contributed by atoms with Gasteiger partial charge in [-0.3, -0.25) is 9.59 Å². The van der Waals surface area contributed by atoms with Gasteiger partial charge in [-0.1, -0.05) is 6.07 Å². The van der Waals surface area contributed by atoms with Gasteiger partial charge in [-0.15, -0.1) is 0 Å². The molecule has 1 saturated carbocycles. The molecule has 2 aromatic rings. The maximum Gasteiger partial charge on any atom is 0.251 e. The van der Waals surface area contributed by atoms with Crippen molar-refractivity contribution >= 4 is 23.2 Å². The smallest absolute Gasteiger partial charge is 0.251 e. The van der Waals surface area contributed by atoms with Gasteiger partial charge in [0.05, 0.1) is 5.69 Å². The summed E-state index contributed by atoms with van der Waals surface area (Å²) < 4.78 is 14.2. The Labute approximate surface area is 170 Å². The summed E-state index contributed by atoms with van der Waals surface area (Å²) in [7, 11) is 0. The van der Waals surface area contributed by atoms with Gasteiger partial charge < -0.3 is 15.5 Å². The average Bonchev–Trinajstić information content (AvgIpc) is 3.56. The van der Waals surface area contributed by atoms with Crippen molar-refractivity contribution in [3.8, 4) is 0 Å². The number of piperidine rings is 1. The van der Waals surface area contributed by atoms with Gasteiger partial charge in [0.1, 0.15) is 5.82 Å². The van der Waals surface area contributed by atoms with E-state index in [-0.39, 0.29) is 29.6 Å². The lowest BCUT2D eigenvalue weighted by molar-refractivity contribution is -0.117. The second kappa shape index (κ2) is 8.23. The van der Waals surface area contributed by atoms with Crippen LogP contribution in [0.4, 0.5) is 15.8 Å². The lowest BCUT2D eigenvalue weighted by Gasteiger charge is -2.35. The molecule has 0 aromatic heterocycles. The highest BCUT2D eigenvalue weighted by molar-refractivity contribution is 5.97. The van der Waals surface area contributed by atoms with Crippen molar-refractivity contribution in [2.45, 2.75) is 38.6 Å². The van der Waals surface area contributed by atoms with Gasteiger partial charge in [0.25, 0.3) is 5.91 Å². The van der Waals surface area contributed by atoms with E-state index in [0.717, 1.165) is 37.8 Å². The monoisotopic (exact) mass is 395 g/mol. The zero-order valence-electron chi connectivity index (χ0n) is 16.6. The Hall–Kier alpha value is -2.89. The van der Waals surface area contributed by atoms with Crippen molar-refractivity contribution in [3.63, 3.8) is 0 Å². The normalized spacial score (nSPS) is 19.0. The van der Waals surface area contributed by atoms with Crippen molar-refractivity contribution in [1.82, 2.24) is 5.32 Å². The maximum absolute atomic E-state index is 14.2. The highest BCUT2D eigenvalue weighted by Crippen LogP contribution is 2.30. The summed E-state index contributed by atoms with van der Waals surface area (Å²) in [4.78, 5) is 26.5. The van der Waals surface area contributed by atoms with Crippen LogP contribution >= 0.6 is 0 Å². The molecule has 0 radical (unpaired) electrons. The predicted molar refractivity (Wildman–Crippen MR) is 112 cm³/mol. The molecule has 2 fully saturated rings. The van der Waals surface area contributed by atoms with Gasteiger partial charge in [-0.2, -0.15) is 0 Å². The molecule has 0 bridgehead atoms. The van der Waals surface area contributed by atoms with Gasteiger partial charge in [0.15, 0.2) is 0 Å². The Kier molecular flexibility index (Phi) is 5.51. The first-order valence-electron chi connectivity index (χ1n) is 10.2. The van der Waals surface area contributed by atoms with Crippen LogP contribution in [0.2, 0.25) is 0 Å². The molecule has 2 amide bonds. The van der Waals surface area contributed by atoms with E-state index in [1.807, 2.05) is 17.9 Å². The van der Waals surface area contributed by atoms with Gasteiger partial charge in [0.2, 0.25) is 5.91 Å². The quantitative estimate of drug-likeness (QED) is 0.808. The summed E-state index contributed by atoms with van der Waals surface area (Å²) in [5, 5.41) is 5.94. The molecule has 1 unspecified atom stereocenters. The Bertz CT molecular complexity index is 909. The first kappa shape index (κ1) is 19.4. The molecule has 1 aliphatic carbocycles. The average molecular weight is 395 g/mol. The zero-order valence-corrected chi connectivity index (χ0v) is 16.6. The number of aryl methyl sites for hydroxylation is 1. The number of rotatable bonds is 5. The second-order valence-electron chi connectivity index (χ2n) is 8.05. The minimum absolute atomic E-state index is 0.0367. The number of carbonyl (C=O) groups excluding carboxylic acids is 2. The predicted octanol–water partition coefficient (Wildman–Crippen LogP) is 3.88. The van der Waals surface area contributed by atoms with E-state index >= 15 is 0 Å². The highest BCUT2D eigenvalue weighted by Gasteiger charge is 2.29. The molecule has 2 aliphatic rings. The third-order valence-corrected chi connectivity index (χ3v) is 5.56. The number of halogens is 1. The summed E-state index contributed by atoms with van der Waals surface area (Å²) in [6, 6.07) is 12.0. The third-order valence-electron chi connectivity index (χ3n) is 5.56. The van der Waals surface area contributed by atoms with E-state index in [2.05, 4.69) is 10.6 Å². The maximum atomic E-state index is 14.2. The van der Waals surface area contributed by atoms with Crippen molar-refractivity contribution in [3.05, 3.63) is 59.4 Å². The molecule has 1 saturated heterocycles. The molecule has 6 heteroatoms. The summed E-state index contributed by atoms with van der Waals surface area (Å²) in [6.07, 6.45) is 3.67. The minimum atomic E-state index is -0.230. The Morgan fingerprint density at radius 2 is 1.83 bits per heavy atom. The van der Waals surface area contributed by atoms with E-state index in [0.29, 0.717) is 23.5 Å². The molecule has 2 N–H and O–H groups in total. The van der Waals surface area contributed by atoms with Crippen LogP contribution in [-0.4, -0.2) is 30.9 Å². The largest absolute Gasteiger partial charge is 0.367 e. The van der Waals surface area contributed by atoms with Crippen LogP contribution < -0.4 is 15.5 Å². The number of hydrogen-bond acceptors (Lipinski definition) is 3. The van der Waals surface area contributed by atoms with Crippen LogP contribution in [0.3, 0.4) is 0 Å². The Morgan fingerprint density at radius 3 is 2.55 bits per heavy atom. The highest BCUT2D eigenvalue weighted by atomic mass is 19.1. The lowest BCUT2D eigenvalue weighted by Crippen LogP contribution is -2.48. The summed E-state index contributed by atoms with van der Waals surface area (Å²) in [5.74, 6) is -0.189. The summed E-state index contributed by atoms with van der Waals surface area (Å²) >= 11 is 0. The van der Waals surface area contributed by atoms with Crippen LogP contribution in [0.5, 0.6) is 0 Å². The SMILES string of the molecule is Cc1ccc(F)c(N2CCCC(NC(=O)c3ccc(NC(=O)C4CC4)cc3)C2)c1. The van der Waals surface area contributed by atoms with E-state index < -0.39 is 0 Å². The van der Waals surface area contributed by atoms with E-state index in [1.165, 1.54) is 6.07 Å². The fraction of sp³-hybridized carbons (Fsp3) is 0.391. The Morgan fingerprint density at radius 1 is 1.07 bits per heavy atom. The van der Waals surface area contributed by atoms with Crippen LogP contribution in [0, 0.1) is 18.7 Å². The standard InChI is InChI=1S/C23H26FN3O2/c1-15-4-11-20(24)21(13-15)27-12-2-3-19(14-27)26-23(29)17-7-9-18(10-8-17)25-22(28)16-5-6-16/h4,7-11,13,16,19H,2-3,5-6,12,14H2,1H3,(H,25,28)(H,26,29). The van der Waals surface area contributed by atoms with Crippen LogP contribution in [0.1, 0.15) is 41.6 Å². The van der Waals surface area contributed by atoms with Gasteiger partial charge in [0, 0.05) is 36.3 Å². The van der Waals surface area contributed by atoms with Gasteiger partial charge in [-0.05, 0) is 74.6 Å². The first-order chi connectivity index (χ1) is 14.0. The van der Waals surface area contributed by atoms with Gasteiger partial charge in [-0.25, -0.2) is 4.39 Å². The fourth-order valence-electron chi connectivity index (χ4n) is 3.74. The van der Waals surface area contributed by atoms with E-state index in [4.69, 9.17) is 0 Å². The number of amides is 2. The number of nitrogens with zero attached hydrogens (tertiary/aromatic N) is 1. The fourth-order valence-corrected chi connectivity index (χ4v) is 3.74. The van der Waals surface area contributed by atoms with Crippen LogP contribution in [-0.2, 0) is 4.79 Å². The van der Waals surface area contributed by atoms with E-state index in [9.17, 15) is 14.0 Å².